The van der Waals surface area contributed by atoms with Gasteiger partial charge in [-0.2, -0.15) is 0 Å². The van der Waals surface area contributed by atoms with Crippen LogP contribution < -0.4 is 10.6 Å². The molecule has 0 bridgehead atoms. The highest BCUT2D eigenvalue weighted by molar-refractivity contribution is 5.95. The van der Waals surface area contributed by atoms with E-state index >= 15 is 0 Å². The Labute approximate surface area is 164 Å². The van der Waals surface area contributed by atoms with E-state index in [2.05, 4.69) is 16.7 Å². The first kappa shape index (κ1) is 19.6. The summed E-state index contributed by atoms with van der Waals surface area (Å²) in [5.74, 6) is -1.17. The number of rotatable bonds is 5. The summed E-state index contributed by atoms with van der Waals surface area (Å²) in [6.45, 7) is 2.94. The van der Waals surface area contributed by atoms with Gasteiger partial charge < -0.3 is 15.4 Å². The second-order valence-corrected chi connectivity index (χ2v) is 6.96. The molecule has 0 unspecified atom stereocenters. The lowest BCUT2D eigenvalue weighted by atomic mass is 9.87. The predicted molar refractivity (Wildman–Crippen MR) is 106 cm³/mol. The van der Waals surface area contributed by atoms with E-state index in [-0.39, 0.29) is 23.4 Å². The molecule has 3 rings (SSSR count). The molecule has 0 saturated carbocycles. The molecule has 0 aliphatic heterocycles. The number of hydrogen-bond acceptors (Lipinski definition) is 4. The lowest BCUT2D eigenvalue weighted by Crippen LogP contribution is -2.39. The normalized spacial score (nSPS) is 16.4. The van der Waals surface area contributed by atoms with E-state index < -0.39 is 12.1 Å². The molecule has 0 fully saturated rings. The van der Waals surface area contributed by atoms with Crippen LogP contribution in [0.2, 0.25) is 0 Å². The number of carbonyl (C=O) groups excluding carboxylic acids is 3. The predicted octanol–water partition coefficient (Wildman–Crippen LogP) is 3.38. The van der Waals surface area contributed by atoms with E-state index in [1.807, 2.05) is 18.2 Å². The molecule has 6 heteroatoms. The standard InChI is InChI=1S/C22H24N2O4/c1-14(28-22(27)17-9-5-10-18(13-17)23-15(2)25)21(26)24-20-12-6-8-16-7-3-4-11-19(16)20/h3-5,7,9-11,13-14,20H,6,8,12H2,1-2H3,(H,23,25)(H,24,26)/t14-,20-/m0/s1. The number of anilines is 1. The number of ether oxygens (including phenoxy) is 1. The number of nitrogens with one attached hydrogen (secondary N) is 2. The van der Waals surface area contributed by atoms with Gasteiger partial charge in [0, 0.05) is 12.6 Å². The van der Waals surface area contributed by atoms with Crippen molar-refractivity contribution in [2.75, 3.05) is 5.32 Å². The molecule has 0 aromatic heterocycles. The minimum Gasteiger partial charge on any atom is -0.449 e. The zero-order valence-corrected chi connectivity index (χ0v) is 16.0. The molecule has 2 amide bonds. The van der Waals surface area contributed by atoms with Crippen LogP contribution in [-0.4, -0.2) is 23.9 Å². The van der Waals surface area contributed by atoms with E-state index in [0.717, 1.165) is 24.8 Å². The number of aryl methyl sites for hydroxylation is 1. The molecule has 1 aliphatic rings. The SMILES string of the molecule is CC(=O)Nc1cccc(C(=O)O[C@@H](C)C(=O)N[C@H]2CCCc3ccccc32)c1. The molecular formula is C22H24N2O4. The fourth-order valence-electron chi connectivity index (χ4n) is 3.40. The van der Waals surface area contributed by atoms with Gasteiger partial charge in [-0.3, -0.25) is 9.59 Å². The van der Waals surface area contributed by atoms with Crippen molar-refractivity contribution >= 4 is 23.5 Å². The summed E-state index contributed by atoms with van der Waals surface area (Å²) in [6.07, 6.45) is 1.96. The molecule has 2 N–H and O–H groups in total. The van der Waals surface area contributed by atoms with Gasteiger partial charge in [0.25, 0.3) is 5.91 Å². The quantitative estimate of drug-likeness (QED) is 0.779. The molecule has 0 spiro atoms. The van der Waals surface area contributed by atoms with Gasteiger partial charge >= 0.3 is 5.97 Å². The first-order valence-corrected chi connectivity index (χ1v) is 9.41. The summed E-state index contributed by atoms with van der Waals surface area (Å²) >= 11 is 0. The highest BCUT2D eigenvalue weighted by Crippen LogP contribution is 2.29. The first-order chi connectivity index (χ1) is 13.4. The Morgan fingerprint density at radius 1 is 1.11 bits per heavy atom. The van der Waals surface area contributed by atoms with Crippen LogP contribution in [0.15, 0.2) is 48.5 Å². The number of hydrogen-bond donors (Lipinski definition) is 2. The van der Waals surface area contributed by atoms with Crippen molar-refractivity contribution in [3.05, 3.63) is 65.2 Å². The Kier molecular flexibility index (Phi) is 6.09. The minimum absolute atomic E-state index is 0.0679. The molecule has 146 valence electrons. The van der Waals surface area contributed by atoms with Crippen LogP contribution in [0.4, 0.5) is 5.69 Å². The van der Waals surface area contributed by atoms with Gasteiger partial charge in [-0.25, -0.2) is 4.79 Å². The van der Waals surface area contributed by atoms with Crippen molar-refractivity contribution in [3.63, 3.8) is 0 Å². The second-order valence-electron chi connectivity index (χ2n) is 6.96. The average molecular weight is 380 g/mol. The summed E-state index contributed by atoms with van der Waals surface area (Å²) in [6, 6.07) is 14.4. The van der Waals surface area contributed by atoms with Crippen LogP contribution in [0.3, 0.4) is 0 Å². The van der Waals surface area contributed by atoms with Crippen molar-refractivity contribution in [2.24, 2.45) is 0 Å². The number of amides is 2. The zero-order valence-electron chi connectivity index (χ0n) is 16.0. The fraction of sp³-hybridized carbons (Fsp3) is 0.318. The van der Waals surface area contributed by atoms with Crippen LogP contribution >= 0.6 is 0 Å². The lowest BCUT2D eigenvalue weighted by molar-refractivity contribution is -0.130. The van der Waals surface area contributed by atoms with Crippen molar-refractivity contribution in [1.29, 1.82) is 0 Å². The van der Waals surface area contributed by atoms with Crippen molar-refractivity contribution in [3.8, 4) is 0 Å². The van der Waals surface area contributed by atoms with E-state index in [1.165, 1.54) is 18.6 Å². The lowest BCUT2D eigenvalue weighted by Gasteiger charge is -2.27. The van der Waals surface area contributed by atoms with Crippen LogP contribution in [0.1, 0.15) is 54.2 Å². The average Bonchev–Trinajstić information content (AvgIpc) is 2.68. The molecule has 0 radical (unpaired) electrons. The van der Waals surface area contributed by atoms with Gasteiger partial charge in [-0.1, -0.05) is 30.3 Å². The Balaban J connectivity index is 1.62. The summed E-state index contributed by atoms with van der Waals surface area (Å²) in [5.41, 5.74) is 3.15. The summed E-state index contributed by atoms with van der Waals surface area (Å²) in [4.78, 5) is 36.1. The summed E-state index contributed by atoms with van der Waals surface area (Å²) in [5, 5.41) is 5.61. The van der Waals surface area contributed by atoms with Crippen LogP contribution in [0, 0.1) is 0 Å². The zero-order chi connectivity index (χ0) is 20.1. The number of fused-ring (bicyclic) bond motifs is 1. The molecule has 28 heavy (non-hydrogen) atoms. The van der Waals surface area contributed by atoms with Gasteiger partial charge in [0.1, 0.15) is 0 Å². The Hall–Kier alpha value is -3.15. The third-order valence-corrected chi connectivity index (χ3v) is 4.76. The molecular weight excluding hydrogens is 356 g/mol. The van der Waals surface area contributed by atoms with Crippen molar-refractivity contribution in [2.45, 2.75) is 45.3 Å². The number of carbonyl (C=O) groups is 3. The van der Waals surface area contributed by atoms with Gasteiger partial charge in [0.05, 0.1) is 11.6 Å². The monoisotopic (exact) mass is 380 g/mol. The maximum atomic E-state index is 12.6. The van der Waals surface area contributed by atoms with Gasteiger partial charge in [-0.05, 0) is 55.5 Å². The van der Waals surface area contributed by atoms with Gasteiger partial charge in [0.15, 0.2) is 6.10 Å². The molecule has 2 aromatic rings. The van der Waals surface area contributed by atoms with Gasteiger partial charge in [-0.15, -0.1) is 0 Å². The Bertz CT molecular complexity index is 894. The third kappa shape index (κ3) is 4.76. The molecule has 2 atom stereocenters. The van der Waals surface area contributed by atoms with Crippen molar-refractivity contribution in [1.82, 2.24) is 5.32 Å². The Morgan fingerprint density at radius 3 is 2.68 bits per heavy atom. The maximum absolute atomic E-state index is 12.6. The van der Waals surface area contributed by atoms with Crippen LogP contribution in [0.25, 0.3) is 0 Å². The minimum atomic E-state index is -0.925. The van der Waals surface area contributed by atoms with Gasteiger partial charge in [0.2, 0.25) is 5.91 Å². The van der Waals surface area contributed by atoms with E-state index in [9.17, 15) is 14.4 Å². The maximum Gasteiger partial charge on any atom is 0.338 e. The molecule has 6 nitrogen and oxygen atoms in total. The summed E-state index contributed by atoms with van der Waals surface area (Å²) in [7, 11) is 0. The molecule has 0 heterocycles. The Morgan fingerprint density at radius 2 is 1.89 bits per heavy atom. The van der Waals surface area contributed by atoms with Crippen LogP contribution in [-0.2, 0) is 20.7 Å². The van der Waals surface area contributed by atoms with Crippen molar-refractivity contribution < 1.29 is 19.1 Å². The smallest absolute Gasteiger partial charge is 0.338 e. The summed E-state index contributed by atoms with van der Waals surface area (Å²) < 4.78 is 5.32. The highest BCUT2D eigenvalue weighted by atomic mass is 16.5. The number of benzene rings is 2. The van der Waals surface area contributed by atoms with E-state index in [1.54, 1.807) is 25.1 Å². The molecule has 1 aliphatic carbocycles. The molecule has 0 saturated heterocycles. The molecule has 2 aromatic carbocycles. The second kappa shape index (κ2) is 8.69. The topological polar surface area (TPSA) is 84.5 Å². The highest BCUT2D eigenvalue weighted by Gasteiger charge is 2.25. The van der Waals surface area contributed by atoms with E-state index in [0.29, 0.717) is 5.69 Å². The third-order valence-electron chi connectivity index (χ3n) is 4.76. The fourth-order valence-corrected chi connectivity index (χ4v) is 3.40. The first-order valence-electron chi connectivity index (χ1n) is 9.41. The van der Waals surface area contributed by atoms with E-state index in [4.69, 9.17) is 4.74 Å². The largest absolute Gasteiger partial charge is 0.449 e. The van der Waals surface area contributed by atoms with Crippen LogP contribution in [0.5, 0.6) is 0 Å². The number of esters is 1.